The van der Waals surface area contributed by atoms with Crippen LogP contribution in [0.25, 0.3) is 10.8 Å². The summed E-state index contributed by atoms with van der Waals surface area (Å²) in [6.07, 6.45) is 7.74. The number of carbonyl (C=O) groups is 4. The van der Waals surface area contributed by atoms with E-state index in [-0.39, 0.29) is 31.2 Å². The predicted molar refractivity (Wildman–Crippen MR) is 190 cm³/mol. The summed E-state index contributed by atoms with van der Waals surface area (Å²) in [7, 11) is -4.00. The molecule has 52 heavy (non-hydrogen) atoms. The first-order valence-corrected chi connectivity index (χ1v) is 19.8. The van der Waals surface area contributed by atoms with E-state index in [2.05, 4.69) is 27.3 Å². The van der Waals surface area contributed by atoms with Crippen molar-refractivity contribution >= 4 is 44.6 Å². The molecule has 0 spiro atoms. The Labute approximate surface area is 303 Å². The zero-order valence-corrected chi connectivity index (χ0v) is 30.5. The van der Waals surface area contributed by atoms with Gasteiger partial charge >= 0.3 is 6.09 Å². The van der Waals surface area contributed by atoms with Gasteiger partial charge in [-0.05, 0) is 75.0 Å². The number of aromatic nitrogens is 1. The Bertz CT molecular complexity index is 1930. The average molecular weight is 738 g/mol. The van der Waals surface area contributed by atoms with Crippen molar-refractivity contribution in [2.75, 3.05) is 13.2 Å². The maximum Gasteiger partial charge on any atom is 0.405 e. The number of nitrogens with one attached hydrogen (secondary N) is 3. The lowest BCUT2D eigenvalue weighted by Gasteiger charge is -2.33. The quantitative estimate of drug-likeness (QED) is 0.306. The van der Waals surface area contributed by atoms with Crippen molar-refractivity contribution in [2.45, 2.75) is 107 Å². The molecule has 3 aliphatic heterocycles. The molecule has 0 bridgehead atoms. The summed E-state index contributed by atoms with van der Waals surface area (Å²) in [6.45, 7) is 6.08. The van der Waals surface area contributed by atoms with Crippen LogP contribution in [-0.4, -0.2) is 88.8 Å². The predicted octanol–water partition coefficient (Wildman–Crippen LogP) is 3.43. The van der Waals surface area contributed by atoms with Crippen LogP contribution in [0.1, 0.15) is 77.7 Å². The fourth-order valence-electron chi connectivity index (χ4n) is 8.08. The molecule has 5 aliphatic rings. The zero-order chi connectivity index (χ0) is 37.0. The maximum absolute atomic E-state index is 14.5. The zero-order valence-electron chi connectivity index (χ0n) is 29.7. The fourth-order valence-corrected chi connectivity index (χ4v) is 9.39. The van der Waals surface area contributed by atoms with E-state index in [9.17, 15) is 32.7 Å². The number of pyridine rings is 1. The highest BCUT2D eigenvalue weighted by molar-refractivity contribution is 7.91. The van der Waals surface area contributed by atoms with E-state index < -0.39 is 68.2 Å². The van der Waals surface area contributed by atoms with Gasteiger partial charge in [-0.25, -0.2) is 18.2 Å². The van der Waals surface area contributed by atoms with Crippen LogP contribution < -0.4 is 24.8 Å². The van der Waals surface area contributed by atoms with Crippen molar-refractivity contribution < 1.29 is 42.2 Å². The molecule has 3 fully saturated rings. The van der Waals surface area contributed by atoms with E-state index in [0.29, 0.717) is 50.0 Å². The van der Waals surface area contributed by atoms with Crippen molar-refractivity contribution in [3.8, 4) is 11.6 Å². The number of hydrogen-bond donors (Lipinski definition) is 4. The first kappa shape index (κ1) is 36.0. The molecule has 2 aliphatic carbocycles. The minimum absolute atomic E-state index is 0.0264. The number of hydrogen-bond acceptors (Lipinski definition) is 9. The highest BCUT2D eigenvalue weighted by Gasteiger charge is 2.63. The lowest BCUT2D eigenvalue weighted by molar-refractivity contribution is -0.142. The molecule has 4 amide bonds. The minimum Gasteiger partial charge on any atom is -0.492 e. The summed E-state index contributed by atoms with van der Waals surface area (Å²) < 4.78 is 39.8. The van der Waals surface area contributed by atoms with Gasteiger partial charge < -0.3 is 30.1 Å². The molecule has 1 aromatic carbocycles. The fraction of sp³-hybridized carbons (Fsp3) is 0.595. The SMILES string of the molecule is CC[C@@H]1C[C@H](C)CCC=C[C@@H]2C[C@@]2(C(=O)NS(=O)(=O)C2(C)CC2)NC(=O)[C@@H]2C[C@@H](Oc3nccc4c5c(ccc34)CCO5)CN2C(=O)[C@H]1NC(=O)O. The molecule has 4 heterocycles. The molecule has 7 rings (SSSR count). The lowest BCUT2D eigenvalue weighted by atomic mass is 9.85. The van der Waals surface area contributed by atoms with Crippen LogP contribution in [0.15, 0.2) is 36.5 Å². The molecule has 0 unspecified atom stereocenters. The van der Waals surface area contributed by atoms with Crippen molar-refractivity contribution in [2.24, 2.45) is 17.8 Å². The van der Waals surface area contributed by atoms with Gasteiger partial charge in [0.15, 0.2) is 0 Å². The number of amides is 4. The van der Waals surface area contributed by atoms with Gasteiger partial charge in [-0.2, -0.15) is 0 Å². The highest BCUT2D eigenvalue weighted by atomic mass is 32.2. The van der Waals surface area contributed by atoms with Crippen LogP contribution in [0.2, 0.25) is 0 Å². The van der Waals surface area contributed by atoms with E-state index in [1.807, 2.05) is 37.3 Å². The van der Waals surface area contributed by atoms with Crippen LogP contribution >= 0.6 is 0 Å². The van der Waals surface area contributed by atoms with Crippen LogP contribution in [0.4, 0.5) is 4.79 Å². The third kappa shape index (κ3) is 6.67. The molecular weight excluding hydrogens is 691 g/mol. The van der Waals surface area contributed by atoms with Gasteiger partial charge in [0.2, 0.25) is 27.7 Å². The van der Waals surface area contributed by atoms with Crippen LogP contribution in [0.5, 0.6) is 11.6 Å². The summed E-state index contributed by atoms with van der Waals surface area (Å²) in [4.78, 5) is 60.7. The summed E-state index contributed by atoms with van der Waals surface area (Å²) >= 11 is 0. The molecule has 2 saturated carbocycles. The number of allylic oxidation sites excluding steroid dienone is 1. The average Bonchev–Trinajstić information content (AvgIpc) is 3.88. The number of carboxylic acid groups (broad SMARTS) is 1. The molecule has 1 saturated heterocycles. The number of sulfonamides is 1. The van der Waals surface area contributed by atoms with Crippen molar-refractivity contribution in [1.82, 2.24) is 25.2 Å². The van der Waals surface area contributed by atoms with Gasteiger partial charge in [0.1, 0.15) is 29.5 Å². The number of rotatable bonds is 7. The van der Waals surface area contributed by atoms with Gasteiger partial charge in [0, 0.05) is 35.7 Å². The normalized spacial score (nSPS) is 31.2. The van der Waals surface area contributed by atoms with Crippen molar-refractivity contribution in [1.29, 1.82) is 0 Å². The summed E-state index contributed by atoms with van der Waals surface area (Å²) in [5.74, 6) is -1.61. The van der Waals surface area contributed by atoms with E-state index in [1.54, 1.807) is 13.1 Å². The third-order valence-electron chi connectivity index (χ3n) is 11.7. The Balaban J connectivity index is 1.22. The van der Waals surface area contributed by atoms with E-state index in [1.165, 1.54) is 4.90 Å². The second-order valence-corrected chi connectivity index (χ2v) is 17.6. The van der Waals surface area contributed by atoms with Crippen LogP contribution in [0, 0.1) is 17.8 Å². The Morgan fingerprint density at radius 3 is 2.69 bits per heavy atom. The Kier molecular flexibility index (Phi) is 9.37. The third-order valence-corrected chi connectivity index (χ3v) is 13.9. The summed E-state index contributed by atoms with van der Waals surface area (Å²) in [5, 5.41) is 16.7. The first-order valence-electron chi connectivity index (χ1n) is 18.3. The topological polar surface area (TPSA) is 193 Å². The summed E-state index contributed by atoms with van der Waals surface area (Å²) in [6, 6.07) is 3.45. The second kappa shape index (κ2) is 13.5. The molecule has 14 nitrogen and oxygen atoms in total. The van der Waals surface area contributed by atoms with Gasteiger partial charge in [-0.1, -0.05) is 38.5 Å². The number of ether oxygens (including phenoxy) is 2. The molecule has 4 N–H and O–H groups in total. The number of carbonyl (C=O) groups excluding carboxylic acids is 3. The van der Waals surface area contributed by atoms with E-state index >= 15 is 0 Å². The van der Waals surface area contributed by atoms with Gasteiger partial charge in [0.05, 0.1) is 17.9 Å². The monoisotopic (exact) mass is 737 g/mol. The number of benzene rings is 1. The standard InChI is InChI=1S/C37H47N5O9S/c1-4-22-17-21(2)7-5-6-8-24-19-37(24,34(45)41-52(48,49)36(3)13-14-36)40-31(43)28-18-25(20-42(28)33(44)29(22)39-35(46)47)51-32-27-10-9-23-12-16-50-30(23)26(27)11-15-38-32/h6,8-11,15,21-22,24-25,28-29,39H,4-5,7,12-14,16-20H2,1-3H3,(H,40,43)(H,41,45)(H,46,47)/t21-,22-,24-,25-,28+,29+,37-/m1/s1. The minimum atomic E-state index is -4.00. The van der Waals surface area contributed by atoms with E-state index in [0.717, 1.165) is 29.5 Å². The van der Waals surface area contributed by atoms with Crippen molar-refractivity contribution in [3.05, 3.63) is 42.1 Å². The van der Waals surface area contributed by atoms with Crippen LogP contribution in [0.3, 0.4) is 0 Å². The molecule has 280 valence electrons. The molecular formula is C37H47N5O9S. The molecule has 2 aromatic rings. The Morgan fingerprint density at radius 2 is 1.96 bits per heavy atom. The van der Waals surface area contributed by atoms with Gasteiger partial charge in [-0.3, -0.25) is 19.1 Å². The molecule has 15 heteroatoms. The van der Waals surface area contributed by atoms with Crippen molar-refractivity contribution in [3.63, 3.8) is 0 Å². The van der Waals surface area contributed by atoms with Crippen LogP contribution in [-0.2, 0) is 30.8 Å². The Morgan fingerprint density at radius 1 is 1.17 bits per heavy atom. The highest BCUT2D eigenvalue weighted by Crippen LogP contribution is 2.48. The van der Waals surface area contributed by atoms with Gasteiger partial charge in [-0.15, -0.1) is 0 Å². The van der Waals surface area contributed by atoms with Gasteiger partial charge in [0.25, 0.3) is 5.91 Å². The smallest absolute Gasteiger partial charge is 0.405 e. The molecule has 7 atom stereocenters. The molecule has 0 radical (unpaired) electrons. The second-order valence-electron chi connectivity index (χ2n) is 15.4. The maximum atomic E-state index is 14.5. The summed E-state index contributed by atoms with van der Waals surface area (Å²) in [5.41, 5.74) is -0.450. The van der Waals surface area contributed by atoms with E-state index in [4.69, 9.17) is 9.47 Å². The lowest BCUT2D eigenvalue weighted by Crippen LogP contribution is -2.59. The number of fused-ring (bicyclic) bond motifs is 5. The molecule has 1 aromatic heterocycles. The largest absolute Gasteiger partial charge is 0.492 e. The first-order chi connectivity index (χ1) is 24.7. The Hall–Kier alpha value is -4.40. The number of nitrogens with zero attached hydrogens (tertiary/aromatic N) is 2.